The first-order valence-electron chi connectivity index (χ1n) is 4.92. The fourth-order valence-electron chi connectivity index (χ4n) is 1.20. The topological polar surface area (TPSA) is 50.7 Å². The third-order valence-corrected chi connectivity index (χ3v) is 2.82. The Morgan fingerprint density at radius 2 is 1.88 bits per heavy atom. The smallest absolute Gasteiger partial charge is 0.192 e. The van der Waals surface area contributed by atoms with Crippen molar-refractivity contribution in [3.05, 3.63) is 42.5 Å². The van der Waals surface area contributed by atoms with Crippen molar-refractivity contribution in [3.63, 3.8) is 0 Å². The maximum absolute atomic E-state index is 4.28. The molecule has 0 bridgehead atoms. The Labute approximate surface area is 98.6 Å². The van der Waals surface area contributed by atoms with Gasteiger partial charge in [0.2, 0.25) is 0 Å². The van der Waals surface area contributed by atoms with E-state index in [2.05, 4.69) is 20.3 Å². The Bertz CT molecular complexity index is 429. The molecule has 0 aliphatic heterocycles. The summed E-state index contributed by atoms with van der Waals surface area (Å²) >= 11 is 1.53. The molecule has 0 radical (unpaired) electrons. The van der Waals surface area contributed by atoms with E-state index < -0.39 is 0 Å². The predicted octanol–water partition coefficient (Wildman–Crippen LogP) is 1.74. The highest BCUT2D eigenvalue weighted by Crippen LogP contribution is 2.22. The molecular formula is C11H12N4S. The van der Waals surface area contributed by atoms with E-state index in [0.29, 0.717) is 0 Å². The zero-order valence-corrected chi connectivity index (χ0v) is 9.74. The minimum Gasteiger partial charge on any atom is -0.316 e. The van der Waals surface area contributed by atoms with Crippen LogP contribution >= 0.6 is 11.8 Å². The molecule has 0 amide bonds. The number of aromatic nitrogens is 3. The summed E-state index contributed by atoms with van der Waals surface area (Å²) < 4.78 is 0. The lowest BCUT2D eigenvalue weighted by atomic mass is 10.3. The standard InChI is InChI=1S/C11H12N4S/c1-12-6-9-7-14-11(15-8-9)16-10-2-4-13-5-3-10/h2-5,7-8,12H,6H2,1H3. The number of hydrogen-bond donors (Lipinski definition) is 1. The Balaban J connectivity index is 2.05. The molecule has 0 saturated heterocycles. The second-order valence-corrected chi connectivity index (χ2v) is 4.23. The number of nitrogens with one attached hydrogen (secondary N) is 1. The van der Waals surface area contributed by atoms with Crippen LogP contribution in [0.2, 0.25) is 0 Å². The van der Waals surface area contributed by atoms with Gasteiger partial charge in [0, 0.05) is 41.8 Å². The predicted molar refractivity (Wildman–Crippen MR) is 63.2 cm³/mol. The van der Waals surface area contributed by atoms with Crippen LogP contribution in [-0.4, -0.2) is 22.0 Å². The van der Waals surface area contributed by atoms with Gasteiger partial charge >= 0.3 is 0 Å². The van der Waals surface area contributed by atoms with Crippen molar-refractivity contribution in [2.45, 2.75) is 16.6 Å². The summed E-state index contributed by atoms with van der Waals surface area (Å²) in [5, 5.41) is 3.81. The zero-order valence-electron chi connectivity index (χ0n) is 8.92. The molecule has 0 spiro atoms. The van der Waals surface area contributed by atoms with Crippen LogP contribution in [0.25, 0.3) is 0 Å². The van der Waals surface area contributed by atoms with Gasteiger partial charge in [0.25, 0.3) is 0 Å². The van der Waals surface area contributed by atoms with Gasteiger partial charge in [-0.05, 0) is 30.9 Å². The van der Waals surface area contributed by atoms with Crippen LogP contribution in [-0.2, 0) is 6.54 Å². The summed E-state index contributed by atoms with van der Waals surface area (Å²) in [6, 6.07) is 3.88. The van der Waals surface area contributed by atoms with Crippen LogP contribution in [0.15, 0.2) is 47.0 Å². The Kier molecular flexibility index (Phi) is 3.85. The van der Waals surface area contributed by atoms with Crippen molar-refractivity contribution in [1.82, 2.24) is 20.3 Å². The lowest BCUT2D eigenvalue weighted by molar-refractivity contribution is 0.793. The van der Waals surface area contributed by atoms with Gasteiger partial charge in [0.05, 0.1) is 0 Å². The molecule has 4 nitrogen and oxygen atoms in total. The number of nitrogens with zero attached hydrogens (tertiary/aromatic N) is 3. The molecule has 82 valence electrons. The molecule has 0 saturated carbocycles. The molecule has 0 aliphatic rings. The second kappa shape index (κ2) is 5.58. The van der Waals surface area contributed by atoms with E-state index in [0.717, 1.165) is 22.2 Å². The summed E-state index contributed by atoms with van der Waals surface area (Å²) in [6.07, 6.45) is 7.20. The molecule has 2 aromatic heterocycles. The molecular weight excluding hydrogens is 220 g/mol. The van der Waals surface area contributed by atoms with Gasteiger partial charge in [0.15, 0.2) is 5.16 Å². The molecule has 0 unspecified atom stereocenters. The highest BCUT2D eigenvalue weighted by atomic mass is 32.2. The van der Waals surface area contributed by atoms with Gasteiger partial charge in [-0.3, -0.25) is 4.98 Å². The quantitative estimate of drug-likeness (QED) is 0.814. The summed E-state index contributed by atoms with van der Waals surface area (Å²) in [7, 11) is 1.90. The molecule has 5 heteroatoms. The van der Waals surface area contributed by atoms with E-state index >= 15 is 0 Å². The number of rotatable bonds is 4. The summed E-state index contributed by atoms with van der Waals surface area (Å²) in [6.45, 7) is 0.792. The van der Waals surface area contributed by atoms with Gasteiger partial charge in [-0.1, -0.05) is 0 Å². The van der Waals surface area contributed by atoms with Gasteiger partial charge in [-0.15, -0.1) is 0 Å². The van der Waals surface area contributed by atoms with Crippen LogP contribution in [0.5, 0.6) is 0 Å². The van der Waals surface area contributed by atoms with Gasteiger partial charge in [-0.2, -0.15) is 0 Å². The van der Waals surface area contributed by atoms with E-state index in [-0.39, 0.29) is 0 Å². The van der Waals surface area contributed by atoms with Crippen LogP contribution in [0.1, 0.15) is 5.56 Å². The lowest BCUT2D eigenvalue weighted by Crippen LogP contribution is -2.05. The van der Waals surface area contributed by atoms with Crippen molar-refractivity contribution in [2.75, 3.05) is 7.05 Å². The van der Waals surface area contributed by atoms with E-state index in [9.17, 15) is 0 Å². The molecule has 2 heterocycles. The van der Waals surface area contributed by atoms with Crippen LogP contribution in [0.3, 0.4) is 0 Å². The minimum atomic E-state index is 0.756. The van der Waals surface area contributed by atoms with E-state index in [1.54, 1.807) is 12.4 Å². The number of pyridine rings is 1. The molecule has 0 aliphatic carbocycles. The normalized spacial score (nSPS) is 10.3. The maximum Gasteiger partial charge on any atom is 0.192 e. The molecule has 0 fully saturated rings. The average Bonchev–Trinajstić information content (AvgIpc) is 2.33. The van der Waals surface area contributed by atoms with Crippen LogP contribution < -0.4 is 5.32 Å². The molecule has 1 N–H and O–H groups in total. The van der Waals surface area contributed by atoms with E-state index in [1.807, 2.05) is 31.6 Å². The van der Waals surface area contributed by atoms with Gasteiger partial charge in [-0.25, -0.2) is 9.97 Å². The number of hydrogen-bond acceptors (Lipinski definition) is 5. The van der Waals surface area contributed by atoms with Crippen molar-refractivity contribution < 1.29 is 0 Å². The van der Waals surface area contributed by atoms with Crippen LogP contribution in [0.4, 0.5) is 0 Å². The first-order chi connectivity index (χ1) is 7.88. The van der Waals surface area contributed by atoms with Crippen molar-refractivity contribution >= 4 is 11.8 Å². The third kappa shape index (κ3) is 3.01. The average molecular weight is 232 g/mol. The molecule has 16 heavy (non-hydrogen) atoms. The summed E-state index contributed by atoms with van der Waals surface area (Å²) in [4.78, 5) is 13.6. The fraction of sp³-hybridized carbons (Fsp3) is 0.182. The van der Waals surface area contributed by atoms with Crippen molar-refractivity contribution in [1.29, 1.82) is 0 Å². The maximum atomic E-state index is 4.28. The lowest BCUT2D eigenvalue weighted by Gasteiger charge is -2.01. The van der Waals surface area contributed by atoms with Crippen molar-refractivity contribution in [2.24, 2.45) is 0 Å². The Morgan fingerprint density at radius 1 is 1.19 bits per heavy atom. The van der Waals surface area contributed by atoms with Gasteiger partial charge < -0.3 is 5.32 Å². The highest BCUT2D eigenvalue weighted by molar-refractivity contribution is 7.99. The fourth-order valence-corrected chi connectivity index (χ4v) is 1.88. The van der Waals surface area contributed by atoms with E-state index in [1.165, 1.54) is 11.8 Å². The monoisotopic (exact) mass is 232 g/mol. The molecule has 0 atom stereocenters. The Hall–Kier alpha value is -1.46. The van der Waals surface area contributed by atoms with Gasteiger partial charge in [0.1, 0.15) is 0 Å². The third-order valence-electron chi connectivity index (χ3n) is 1.92. The molecule has 0 aromatic carbocycles. The second-order valence-electron chi connectivity index (χ2n) is 3.19. The SMILES string of the molecule is CNCc1cnc(Sc2ccncc2)nc1. The molecule has 2 aromatic rings. The first kappa shape index (κ1) is 11.0. The first-order valence-corrected chi connectivity index (χ1v) is 5.73. The largest absolute Gasteiger partial charge is 0.316 e. The summed E-state index contributed by atoms with van der Waals surface area (Å²) in [5.41, 5.74) is 1.08. The molecule has 2 rings (SSSR count). The highest BCUT2D eigenvalue weighted by Gasteiger charge is 2.00. The van der Waals surface area contributed by atoms with E-state index in [4.69, 9.17) is 0 Å². The van der Waals surface area contributed by atoms with Crippen LogP contribution in [0, 0.1) is 0 Å². The zero-order chi connectivity index (χ0) is 11.2. The Morgan fingerprint density at radius 3 is 2.50 bits per heavy atom. The minimum absolute atomic E-state index is 0.756. The van der Waals surface area contributed by atoms with Crippen molar-refractivity contribution in [3.8, 4) is 0 Å². The summed E-state index contributed by atoms with van der Waals surface area (Å²) in [5.74, 6) is 0.